The monoisotopic (exact) mass is 239 g/mol. The van der Waals surface area contributed by atoms with Gasteiger partial charge in [-0.15, -0.1) is 0 Å². The zero-order chi connectivity index (χ0) is 12.8. The summed E-state index contributed by atoms with van der Waals surface area (Å²) in [6.07, 6.45) is 3.38. The third kappa shape index (κ3) is 3.01. The number of rotatable bonds is 3. The van der Waals surface area contributed by atoms with Crippen molar-refractivity contribution >= 4 is 11.6 Å². The van der Waals surface area contributed by atoms with E-state index in [1.54, 1.807) is 24.5 Å². The van der Waals surface area contributed by atoms with Crippen LogP contribution in [0.15, 0.2) is 60.0 Å². The number of hydrazone groups is 1. The number of benzene rings is 1. The first-order valence-corrected chi connectivity index (χ1v) is 5.57. The predicted molar refractivity (Wildman–Crippen MR) is 70.4 cm³/mol. The van der Waals surface area contributed by atoms with Gasteiger partial charge in [0.15, 0.2) is 0 Å². The number of nitrogens with one attached hydrogen (secondary N) is 1. The van der Waals surface area contributed by atoms with Crippen LogP contribution in [0.3, 0.4) is 0 Å². The van der Waals surface area contributed by atoms with Crippen molar-refractivity contribution in [2.24, 2.45) is 5.10 Å². The van der Waals surface area contributed by atoms with Crippen molar-refractivity contribution in [1.82, 2.24) is 10.4 Å². The van der Waals surface area contributed by atoms with Crippen LogP contribution in [0.25, 0.3) is 0 Å². The van der Waals surface area contributed by atoms with Gasteiger partial charge in [0.25, 0.3) is 5.91 Å². The van der Waals surface area contributed by atoms with Crippen LogP contribution in [0.1, 0.15) is 22.8 Å². The van der Waals surface area contributed by atoms with Crippen LogP contribution in [0.5, 0.6) is 0 Å². The second-order valence-electron chi connectivity index (χ2n) is 3.74. The summed E-state index contributed by atoms with van der Waals surface area (Å²) >= 11 is 0. The number of carbonyl (C=O) groups excluding carboxylic acids is 1. The maximum absolute atomic E-state index is 11.7. The minimum absolute atomic E-state index is 0.219. The minimum atomic E-state index is -0.219. The van der Waals surface area contributed by atoms with Gasteiger partial charge in [-0.25, -0.2) is 5.43 Å². The van der Waals surface area contributed by atoms with E-state index in [-0.39, 0.29) is 5.91 Å². The highest BCUT2D eigenvalue weighted by molar-refractivity contribution is 6.00. The molecule has 18 heavy (non-hydrogen) atoms. The van der Waals surface area contributed by atoms with Gasteiger partial charge in [-0.05, 0) is 31.2 Å². The van der Waals surface area contributed by atoms with Crippen LogP contribution in [0.2, 0.25) is 0 Å². The molecule has 1 aromatic carbocycles. The number of aromatic nitrogens is 1. The minimum Gasteiger partial charge on any atom is -0.267 e. The maximum Gasteiger partial charge on any atom is 0.271 e. The van der Waals surface area contributed by atoms with E-state index in [1.165, 1.54) is 0 Å². The smallest absolute Gasteiger partial charge is 0.267 e. The molecule has 90 valence electrons. The highest BCUT2D eigenvalue weighted by atomic mass is 16.2. The first kappa shape index (κ1) is 12.0. The molecule has 0 bridgehead atoms. The van der Waals surface area contributed by atoms with Gasteiger partial charge < -0.3 is 0 Å². The summed E-state index contributed by atoms with van der Waals surface area (Å²) in [5, 5.41) is 4.06. The van der Waals surface area contributed by atoms with Crippen molar-refractivity contribution < 1.29 is 4.79 Å². The molecule has 0 aliphatic carbocycles. The van der Waals surface area contributed by atoms with Gasteiger partial charge in [-0.1, -0.05) is 18.2 Å². The Morgan fingerprint density at radius 2 is 1.72 bits per heavy atom. The maximum atomic E-state index is 11.7. The molecule has 1 amide bonds. The second kappa shape index (κ2) is 5.72. The quantitative estimate of drug-likeness (QED) is 0.659. The fourth-order valence-corrected chi connectivity index (χ4v) is 1.45. The van der Waals surface area contributed by atoms with Gasteiger partial charge in [-0.3, -0.25) is 9.78 Å². The number of amides is 1. The van der Waals surface area contributed by atoms with Crippen LogP contribution < -0.4 is 5.43 Å². The van der Waals surface area contributed by atoms with E-state index in [4.69, 9.17) is 0 Å². The SMILES string of the molecule is C/C(=N\NC(=O)c1ccccc1)c1ccncc1. The first-order valence-electron chi connectivity index (χ1n) is 5.57. The molecule has 1 aromatic heterocycles. The van der Waals surface area contributed by atoms with E-state index in [1.807, 2.05) is 37.3 Å². The zero-order valence-electron chi connectivity index (χ0n) is 10.00. The lowest BCUT2D eigenvalue weighted by molar-refractivity contribution is 0.0955. The van der Waals surface area contributed by atoms with Crippen molar-refractivity contribution in [2.75, 3.05) is 0 Å². The summed E-state index contributed by atoms with van der Waals surface area (Å²) in [7, 11) is 0. The number of nitrogens with zero attached hydrogens (tertiary/aromatic N) is 2. The van der Waals surface area contributed by atoms with E-state index >= 15 is 0 Å². The summed E-state index contributed by atoms with van der Waals surface area (Å²) < 4.78 is 0. The third-order valence-corrected chi connectivity index (χ3v) is 2.46. The molecule has 4 nitrogen and oxygen atoms in total. The zero-order valence-corrected chi connectivity index (χ0v) is 10.00. The standard InChI is InChI=1S/C14H13N3O/c1-11(12-7-9-15-10-8-12)16-17-14(18)13-5-3-2-4-6-13/h2-10H,1H3,(H,17,18)/b16-11+. The molecule has 0 aliphatic rings. The van der Waals surface area contributed by atoms with Gasteiger partial charge in [0, 0.05) is 23.5 Å². The Balaban J connectivity index is 2.05. The summed E-state index contributed by atoms with van der Waals surface area (Å²) in [5.74, 6) is -0.219. The number of carbonyl (C=O) groups is 1. The molecule has 2 aromatic rings. The molecule has 4 heteroatoms. The van der Waals surface area contributed by atoms with Crippen molar-refractivity contribution in [3.05, 3.63) is 66.0 Å². The Morgan fingerprint density at radius 1 is 1.06 bits per heavy atom. The summed E-state index contributed by atoms with van der Waals surface area (Å²) in [6, 6.07) is 12.7. The Kier molecular flexibility index (Phi) is 3.81. The summed E-state index contributed by atoms with van der Waals surface area (Å²) in [4.78, 5) is 15.7. The van der Waals surface area contributed by atoms with Gasteiger partial charge in [0.1, 0.15) is 0 Å². The van der Waals surface area contributed by atoms with Crippen molar-refractivity contribution in [3.8, 4) is 0 Å². The average molecular weight is 239 g/mol. The molecule has 0 aliphatic heterocycles. The Morgan fingerprint density at radius 3 is 2.39 bits per heavy atom. The molecule has 0 saturated carbocycles. The highest BCUT2D eigenvalue weighted by Gasteiger charge is 2.03. The Hall–Kier alpha value is -2.49. The van der Waals surface area contributed by atoms with Gasteiger partial charge >= 0.3 is 0 Å². The van der Waals surface area contributed by atoms with Gasteiger partial charge in [0.05, 0.1) is 5.71 Å². The van der Waals surface area contributed by atoms with E-state index in [0.29, 0.717) is 5.56 Å². The lowest BCUT2D eigenvalue weighted by Crippen LogP contribution is -2.19. The predicted octanol–water partition coefficient (Wildman–Crippen LogP) is 2.24. The first-order chi connectivity index (χ1) is 8.77. The topological polar surface area (TPSA) is 54.4 Å². The molecule has 2 rings (SSSR count). The fraction of sp³-hybridized carbons (Fsp3) is 0.0714. The molecule has 0 saturated heterocycles. The van der Waals surface area contributed by atoms with E-state index in [0.717, 1.165) is 11.3 Å². The van der Waals surface area contributed by atoms with Crippen LogP contribution in [0.4, 0.5) is 0 Å². The molecule has 1 heterocycles. The molecule has 0 fully saturated rings. The van der Waals surface area contributed by atoms with E-state index in [2.05, 4.69) is 15.5 Å². The van der Waals surface area contributed by atoms with Crippen molar-refractivity contribution in [2.45, 2.75) is 6.92 Å². The van der Waals surface area contributed by atoms with E-state index < -0.39 is 0 Å². The second-order valence-corrected chi connectivity index (χ2v) is 3.74. The third-order valence-electron chi connectivity index (χ3n) is 2.46. The normalized spacial score (nSPS) is 11.1. The van der Waals surface area contributed by atoms with Crippen LogP contribution in [-0.2, 0) is 0 Å². The van der Waals surface area contributed by atoms with Crippen molar-refractivity contribution in [3.63, 3.8) is 0 Å². The Bertz CT molecular complexity index is 550. The molecular formula is C14H13N3O. The van der Waals surface area contributed by atoms with Crippen molar-refractivity contribution in [1.29, 1.82) is 0 Å². The molecular weight excluding hydrogens is 226 g/mol. The number of hydrogen-bond acceptors (Lipinski definition) is 3. The van der Waals surface area contributed by atoms with Crippen LogP contribution in [-0.4, -0.2) is 16.6 Å². The number of hydrogen-bond donors (Lipinski definition) is 1. The largest absolute Gasteiger partial charge is 0.271 e. The average Bonchev–Trinajstić information content (AvgIpc) is 2.46. The van der Waals surface area contributed by atoms with Gasteiger partial charge in [-0.2, -0.15) is 5.10 Å². The molecule has 1 N–H and O–H groups in total. The van der Waals surface area contributed by atoms with Gasteiger partial charge in [0.2, 0.25) is 0 Å². The Labute approximate surface area is 105 Å². The van der Waals surface area contributed by atoms with Crippen LogP contribution in [0, 0.1) is 0 Å². The fourth-order valence-electron chi connectivity index (χ4n) is 1.45. The lowest BCUT2D eigenvalue weighted by atomic mass is 10.2. The molecule has 0 unspecified atom stereocenters. The number of pyridine rings is 1. The summed E-state index contributed by atoms with van der Waals surface area (Å²) in [5.41, 5.74) is 4.78. The molecule has 0 spiro atoms. The molecule has 0 atom stereocenters. The lowest BCUT2D eigenvalue weighted by Gasteiger charge is -2.02. The summed E-state index contributed by atoms with van der Waals surface area (Å²) in [6.45, 7) is 1.83. The molecule has 0 radical (unpaired) electrons. The highest BCUT2D eigenvalue weighted by Crippen LogP contribution is 2.00. The van der Waals surface area contributed by atoms with Crippen LogP contribution >= 0.6 is 0 Å². The van der Waals surface area contributed by atoms with E-state index in [9.17, 15) is 4.79 Å².